The number of aliphatic hydroxyl groups excluding tert-OH is 1. The average Bonchev–Trinajstić information content (AvgIpc) is 3.65. The summed E-state index contributed by atoms with van der Waals surface area (Å²) in [6, 6.07) is 16.1. The lowest BCUT2D eigenvalue weighted by atomic mass is 10.1. The molecule has 5 aromatic heterocycles. The second-order valence-electron chi connectivity index (χ2n) is 9.38. The van der Waals surface area contributed by atoms with Gasteiger partial charge in [0.25, 0.3) is 0 Å². The molecule has 1 fully saturated rings. The van der Waals surface area contributed by atoms with Gasteiger partial charge in [0.15, 0.2) is 5.16 Å². The smallest absolute Gasteiger partial charge is 0.196 e. The molecule has 6 heterocycles. The van der Waals surface area contributed by atoms with Gasteiger partial charge in [0.1, 0.15) is 17.7 Å². The number of nitrogens with one attached hydrogen (secondary N) is 2. The topological polar surface area (TPSA) is 106 Å². The van der Waals surface area contributed by atoms with Crippen LogP contribution < -0.4 is 10.2 Å². The van der Waals surface area contributed by atoms with Crippen LogP contribution in [0.5, 0.6) is 0 Å². The number of thiophene rings is 1. The van der Waals surface area contributed by atoms with E-state index >= 15 is 0 Å². The molecule has 0 bridgehead atoms. The lowest BCUT2D eigenvalue weighted by Crippen LogP contribution is -2.48. The first-order chi connectivity index (χ1) is 19.2. The van der Waals surface area contributed by atoms with Crippen LogP contribution in [0.15, 0.2) is 76.4 Å². The SMILES string of the molecule is CNc1cccc2c1[nH]c1nc(Sc3cnc4cccnc4c3)nc(N3CCN(C(O)c4cccs4)CC3)c12. The quantitative estimate of drug-likeness (QED) is 0.242. The predicted octanol–water partition coefficient (Wildman–Crippen LogP) is 5.12. The van der Waals surface area contributed by atoms with Gasteiger partial charge in [-0.2, -0.15) is 0 Å². The fourth-order valence-corrected chi connectivity index (χ4v) is 6.65. The van der Waals surface area contributed by atoms with Gasteiger partial charge in [-0.05, 0) is 47.5 Å². The van der Waals surface area contributed by atoms with Gasteiger partial charge in [-0.3, -0.25) is 14.9 Å². The van der Waals surface area contributed by atoms with E-state index in [-0.39, 0.29) is 0 Å². The summed E-state index contributed by atoms with van der Waals surface area (Å²) in [6.07, 6.45) is 3.04. The molecule has 1 aromatic carbocycles. The van der Waals surface area contributed by atoms with E-state index in [1.165, 1.54) is 11.8 Å². The summed E-state index contributed by atoms with van der Waals surface area (Å²) in [5, 5.41) is 18.9. The monoisotopic (exact) mass is 554 g/mol. The molecule has 1 aliphatic heterocycles. The Morgan fingerprint density at radius 2 is 1.92 bits per heavy atom. The lowest BCUT2D eigenvalue weighted by molar-refractivity contribution is 0.00105. The number of piperazine rings is 1. The van der Waals surface area contributed by atoms with Crippen LogP contribution >= 0.6 is 23.1 Å². The number of pyridine rings is 2. The third-order valence-electron chi connectivity index (χ3n) is 7.11. The third-order valence-corrected chi connectivity index (χ3v) is 8.84. The minimum absolute atomic E-state index is 0.580. The fraction of sp³-hybridized carbons (Fsp3) is 0.214. The Kier molecular flexibility index (Phi) is 6.28. The zero-order valence-electron chi connectivity index (χ0n) is 21.2. The number of benzene rings is 1. The maximum absolute atomic E-state index is 10.9. The van der Waals surface area contributed by atoms with Crippen LogP contribution in [-0.2, 0) is 0 Å². The van der Waals surface area contributed by atoms with Crippen molar-refractivity contribution in [3.63, 3.8) is 0 Å². The second-order valence-corrected chi connectivity index (χ2v) is 11.4. The number of para-hydroxylation sites is 1. The number of nitrogens with zero attached hydrogens (tertiary/aromatic N) is 6. The molecule has 0 radical (unpaired) electrons. The Bertz CT molecular complexity index is 1780. The van der Waals surface area contributed by atoms with Crippen molar-refractivity contribution in [3.05, 3.63) is 71.2 Å². The van der Waals surface area contributed by atoms with E-state index in [1.807, 2.05) is 49.0 Å². The number of hydrogen-bond donors (Lipinski definition) is 3. The zero-order chi connectivity index (χ0) is 26.3. The van der Waals surface area contributed by atoms with E-state index in [0.717, 1.165) is 80.4 Å². The largest absolute Gasteiger partial charge is 0.386 e. The van der Waals surface area contributed by atoms with Gasteiger partial charge >= 0.3 is 0 Å². The second kappa shape index (κ2) is 10.1. The van der Waals surface area contributed by atoms with E-state index in [9.17, 15) is 5.11 Å². The average molecular weight is 555 g/mol. The standard InChI is InChI=1S/C28H26N8OS2/c1-29-20-6-2-5-18-23-25(32-24(18)20)33-28(39-17-15-21-19(31-16-17)7-3-9-30-21)34-26(23)35-10-12-36(13-11-35)27(37)22-8-4-14-38-22/h2-9,14-16,27,29,37H,10-13H2,1H3,(H,32,33,34). The van der Waals surface area contributed by atoms with E-state index in [4.69, 9.17) is 9.97 Å². The summed E-state index contributed by atoms with van der Waals surface area (Å²) in [7, 11) is 1.92. The van der Waals surface area contributed by atoms with Gasteiger partial charge in [0.05, 0.1) is 27.6 Å². The first-order valence-corrected chi connectivity index (χ1v) is 14.5. The first kappa shape index (κ1) is 24.3. The highest BCUT2D eigenvalue weighted by atomic mass is 32.2. The van der Waals surface area contributed by atoms with Crippen LogP contribution in [0.4, 0.5) is 11.5 Å². The Balaban J connectivity index is 1.27. The molecule has 1 aliphatic rings. The minimum atomic E-state index is -0.580. The molecule has 0 aliphatic carbocycles. The zero-order valence-corrected chi connectivity index (χ0v) is 22.8. The summed E-state index contributed by atoms with van der Waals surface area (Å²) in [5.41, 5.74) is 4.52. The Labute approximate surface area is 232 Å². The minimum Gasteiger partial charge on any atom is -0.386 e. The first-order valence-electron chi connectivity index (χ1n) is 12.8. The van der Waals surface area contributed by atoms with Crippen LogP contribution in [0.1, 0.15) is 11.1 Å². The van der Waals surface area contributed by atoms with Crippen LogP contribution in [0, 0.1) is 0 Å². The van der Waals surface area contributed by atoms with Gasteiger partial charge < -0.3 is 20.3 Å². The molecule has 1 atom stereocenters. The van der Waals surface area contributed by atoms with Gasteiger partial charge in [0, 0.05) is 60.8 Å². The van der Waals surface area contributed by atoms with Gasteiger partial charge in [0.2, 0.25) is 0 Å². The Morgan fingerprint density at radius 3 is 2.74 bits per heavy atom. The van der Waals surface area contributed by atoms with Gasteiger partial charge in [-0.25, -0.2) is 9.97 Å². The summed E-state index contributed by atoms with van der Waals surface area (Å²) in [6.45, 7) is 2.96. The van der Waals surface area contributed by atoms with Crippen molar-refractivity contribution in [2.75, 3.05) is 43.4 Å². The Hall–Kier alpha value is -3.77. The van der Waals surface area contributed by atoms with Crippen molar-refractivity contribution < 1.29 is 5.11 Å². The molecule has 9 nitrogen and oxygen atoms in total. The summed E-state index contributed by atoms with van der Waals surface area (Å²) < 4.78 is 0. The molecule has 196 valence electrons. The van der Waals surface area contributed by atoms with Crippen LogP contribution in [-0.4, -0.2) is 68.2 Å². The highest BCUT2D eigenvalue weighted by molar-refractivity contribution is 7.99. The predicted molar refractivity (Wildman–Crippen MR) is 158 cm³/mol. The molecule has 1 unspecified atom stereocenters. The maximum Gasteiger partial charge on any atom is 0.196 e. The van der Waals surface area contributed by atoms with Crippen molar-refractivity contribution in [3.8, 4) is 0 Å². The normalized spacial score (nSPS) is 15.4. The molecule has 6 aromatic rings. The van der Waals surface area contributed by atoms with Gasteiger partial charge in [-0.15, -0.1) is 11.3 Å². The molecular weight excluding hydrogens is 528 g/mol. The van der Waals surface area contributed by atoms with Crippen LogP contribution in [0.3, 0.4) is 0 Å². The summed E-state index contributed by atoms with van der Waals surface area (Å²) in [4.78, 5) is 28.9. The number of aromatic nitrogens is 5. The van der Waals surface area contributed by atoms with E-state index in [1.54, 1.807) is 17.5 Å². The molecule has 7 rings (SSSR count). The van der Waals surface area contributed by atoms with Crippen molar-refractivity contribution >= 4 is 67.6 Å². The van der Waals surface area contributed by atoms with Crippen molar-refractivity contribution in [2.45, 2.75) is 16.3 Å². The molecular formula is C28H26N8OS2. The van der Waals surface area contributed by atoms with Crippen LogP contribution in [0.2, 0.25) is 0 Å². The molecule has 3 N–H and O–H groups in total. The van der Waals surface area contributed by atoms with Crippen LogP contribution in [0.25, 0.3) is 33.0 Å². The number of hydrogen-bond acceptors (Lipinski definition) is 10. The molecule has 11 heteroatoms. The lowest BCUT2D eigenvalue weighted by Gasteiger charge is -2.37. The molecule has 0 saturated carbocycles. The fourth-order valence-electron chi connectivity index (χ4n) is 5.16. The van der Waals surface area contributed by atoms with Crippen molar-refractivity contribution in [2.24, 2.45) is 0 Å². The molecule has 0 spiro atoms. The highest BCUT2D eigenvalue weighted by Gasteiger charge is 2.27. The summed E-state index contributed by atoms with van der Waals surface area (Å²) >= 11 is 3.07. The Morgan fingerprint density at radius 1 is 1.03 bits per heavy atom. The van der Waals surface area contributed by atoms with Crippen molar-refractivity contribution in [1.82, 2.24) is 29.8 Å². The van der Waals surface area contributed by atoms with E-state index in [0.29, 0.717) is 5.16 Å². The maximum atomic E-state index is 10.9. The van der Waals surface area contributed by atoms with E-state index in [2.05, 4.69) is 48.3 Å². The number of rotatable bonds is 6. The third kappa shape index (κ3) is 4.47. The van der Waals surface area contributed by atoms with Gasteiger partial charge in [-0.1, -0.05) is 18.2 Å². The molecule has 39 heavy (non-hydrogen) atoms. The number of fused-ring (bicyclic) bond motifs is 4. The molecule has 0 amide bonds. The number of aromatic amines is 1. The van der Waals surface area contributed by atoms with E-state index < -0.39 is 6.23 Å². The number of anilines is 2. The highest BCUT2D eigenvalue weighted by Crippen LogP contribution is 2.38. The molecule has 1 saturated heterocycles. The summed E-state index contributed by atoms with van der Waals surface area (Å²) in [5.74, 6) is 0.902. The number of H-pyrrole nitrogens is 1. The van der Waals surface area contributed by atoms with Crippen molar-refractivity contribution in [1.29, 1.82) is 0 Å². The number of aliphatic hydroxyl groups is 1.